The fraction of sp³-hybridized carbons (Fsp3) is 0.667. The molecule has 0 aliphatic heterocycles. The lowest BCUT2D eigenvalue weighted by Gasteiger charge is -2.26. The van der Waals surface area contributed by atoms with Crippen LogP contribution in [0.4, 0.5) is 5.69 Å². The summed E-state index contributed by atoms with van der Waals surface area (Å²) in [6.07, 6.45) is 4.28. The van der Waals surface area contributed by atoms with E-state index in [0.29, 0.717) is 12.1 Å². The van der Waals surface area contributed by atoms with Crippen molar-refractivity contribution in [1.82, 2.24) is 10.3 Å². The zero-order valence-corrected chi connectivity index (χ0v) is 12.4. The van der Waals surface area contributed by atoms with Crippen molar-refractivity contribution in [3.63, 3.8) is 0 Å². The van der Waals surface area contributed by atoms with E-state index in [-0.39, 0.29) is 0 Å². The Kier molecular flexibility index (Phi) is 6.13. The number of rotatable bonds is 7. The molecule has 3 nitrogen and oxygen atoms in total. The summed E-state index contributed by atoms with van der Waals surface area (Å²) in [4.78, 5) is 6.84. The third-order valence-corrected chi connectivity index (χ3v) is 3.57. The molecule has 2 atom stereocenters. The van der Waals surface area contributed by atoms with Crippen LogP contribution in [0.5, 0.6) is 0 Å². The largest absolute Gasteiger partial charge is 0.371 e. The first kappa shape index (κ1) is 15.0. The van der Waals surface area contributed by atoms with Gasteiger partial charge in [-0.05, 0) is 45.4 Å². The number of aromatic nitrogens is 1. The lowest BCUT2D eigenvalue weighted by Crippen LogP contribution is -2.28. The lowest BCUT2D eigenvalue weighted by molar-refractivity contribution is 0.558. The number of nitrogens with one attached hydrogen (secondary N) is 1. The summed E-state index contributed by atoms with van der Waals surface area (Å²) in [7, 11) is 2.13. The summed E-state index contributed by atoms with van der Waals surface area (Å²) in [6.45, 7) is 9.82. The Labute approximate surface area is 112 Å². The van der Waals surface area contributed by atoms with E-state index < -0.39 is 0 Å². The van der Waals surface area contributed by atoms with Crippen molar-refractivity contribution >= 4 is 5.69 Å². The molecule has 1 aromatic heterocycles. The highest BCUT2D eigenvalue weighted by Crippen LogP contribution is 2.18. The van der Waals surface area contributed by atoms with E-state index in [2.05, 4.69) is 62.1 Å². The molecule has 0 amide bonds. The highest BCUT2D eigenvalue weighted by molar-refractivity contribution is 5.44. The summed E-state index contributed by atoms with van der Waals surface area (Å²) < 4.78 is 0. The second-order valence-electron chi connectivity index (χ2n) is 4.99. The Balaban J connectivity index is 2.67. The topological polar surface area (TPSA) is 28.2 Å². The van der Waals surface area contributed by atoms with Crippen molar-refractivity contribution in [3.8, 4) is 0 Å². The van der Waals surface area contributed by atoms with Gasteiger partial charge < -0.3 is 10.2 Å². The predicted octanol–water partition coefficient (Wildman–Crippen LogP) is 3.38. The van der Waals surface area contributed by atoms with E-state index in [1.807, 2.05) is 6.20 Å². The third-order valence-electron chi connectivity index (χ3n) is 3.57. The molecule has 0 aliphatic rings. The van der Waals surface area contributed by atoms with Crippen LogP contribution in [0.1, 0.15) is 52.3 Å². The maximum absolute atomic E-state index is 4.57. The van der Waals surface area contributed by atoms with E-state index in [9.17, 15) is 0 Å². The fourth-order valence-electron chi connectivity index (χ4n) is 1.86. The summed E-state index contributed by atoms with van der Waals surface area (Å²) in [5, 5.41) is 3.46. The van der Waals surface area contributed by atoms with Gasteiger partial charge in [-0.15, -0.1) is 0 Å². The molecule has 2 unspecified atom stereocenters. The minimum absolute atomic E-state index is 0.327. The standard InChI is InChI=1S/C15H27N3/c1-6-10-16-13(4)15-9-8-14(11-17-15)18(5)12(3)7-2/h8-9,11-13,16H,6-7,10H2,1-5H3. The van der Waals surface area contributed by atoms with Crippen LogP contribution in [0.15, 0.2) is 18.3 Å². The molecule has 0 aromatic carbocycles. The summed E-state index contributed by atoms with van der Waals surface area (Å²) in [5.74, 6) is 0. The van der Waals surface area contributed by atoms with Crippen LogP contribution in [-0.2, 0) is 0 Å². The highest BCUT2D eigenvalue weighted by Gasteiger charge is 2.10. The van der Waals surface area contributed by atoms with E-state index in [0.717, 1.165) is 25.1 Å². The molecule has 0 saturated carbocycles. The zero-order valence-electron chi connectivity index (χ0n) is 12.4. The van der Waals surface area contributed by atoms with Crippen LogP contribution in [0.25, 0.3) is 0 Å². The molecule has 18 heavy (non-hydrogen) atoms. The van der Waals surface area contributed by atoms with Crippen LogP contribution in [0.3, 0.4) is 0 Å². The summed E-state index contributed by atoms with van der Waals surface area (Å²) in [5.41, 5.74) is 2.31. The van der Waals surface area contributed by atoms with Gasteiger partial charge in [0.2, 0.25) is 0 Å². The minimum atomic E-state index is 0.327. The van der Waals surface area contributed by atoms with Crippen molar-refractivity contribution in [2.75, 3.05) is 18.5 Å². The van der Waals surface area contributed by atoms with Crippen molar-refractivity contribution in [2.45, 2.75) is 52.6 Å². The van der Waals surface area contributed by atoms with Crippen LogP contribution in [0.2, 0.25) is 0 Å². The van der Waals surface area contributed by atoms with Crippen LogP contribution < -0.4 is 10.2 Å². The quantitative estimate of drug-likeness (QED) is 0.803. The Morgan fingerprint density at radius 3 is 2.50 bits per heavy atom. The summed E-state index contributed by atoms with van der Waals surface area (Å²) in [6, 6.07) is 5.17. The molecule has 1 heterocycles. The Bertz CT molecular complexity index is 334. The van der Waals surface area contributed by atoms with Gasteiger partial charge in [-0.3, -0.25) is 4.98 Å². The maximum Gasteiger partial charge on any atom is 0.0572 e. The summed E-state index contributed by atoms with van der Waals surface area (Å²) >= 11 is 0. The van der Waals surface area contributed by atoms with Gasteiger partial charge in [0.15, 0.2) is 0 Å². The van der Waals surface area contributed by atoms with E-state index in [1.165, 1.54) is 5.69 Å². The monoisotopic (exact) mass is 249 g/mol. The second kappa shape index (κ2) is 7.37. The van der Waals surface area contributed by atoms with Crippen molar-refractivity contribution in [3.05, 3.63) is 24.0 Å². The average Bonchev–Trinajstić information content (AvgIpc) is 2.43. The van der Waals surface area contributed by atoms with Crippen LogP contribution >= 0.6 is 0 Å². The van der Waals surface area contributed by atoms with Crippen LogP contribution in [-0.4, -0.2) is 24.6 Å². The smallest absolute Gasteiger partial charge is 0.0572 e. The van der Waals surface area contributed by atoms with Gasteiger partial charge in [-0.25, -0.2) is 0 Å². The maximum atomic E-state index is 4.57. The zero-order chi connectivity index (χ0) is 13.5. The molecule has 0 spiro atoms. The third kappa shape index (κ3) is 3.98. The Morgan fingerprint density at radius 1 is 1.28 bits per heavy atom. The Hall–Kier alpha value is -1.09. The first-order chi connectivity index (χ1) is 8.60. The number of anilines is 1. The van der Waals surface area contributed by atoms with Crippen molar-refractivity contribution in [1.29, 1.82) is 0 Å². The van der Waals surface area contributed by atoms with Gasteiger partial charge in [0, 0.05) is 19.1 Å². The first-order valence-corrected chi connectivity index (χ1v) is 7.02. The molecule has 1 N–H and O–H groups in total. The normalized spacial score (nSPS) is 14.3. The van der Waals surface area contributed by atoms with Gasteiger partial charge in [-0.2, -0.15) is 0 Å². The van der Waals surface area contributed by atoms with E-state index in [4.69, 9.17) is 0 Å². The number of hydrogen-bond donors (Lipinski definition) is 1. The second-order valence-corrected chi connectivity index (χ2v) is 4.99. The highest BCUT2D eigenvalue weighted by atomic mass is 15.1. The van der Waals surface area contributed by atoms with Gasteiger partial charge in [0.1, 0.15) is 0 Å². The number of nitrogens with zero attached hydrogens (tertiary/aromatic N) is 2. The van der Waals surface area contributed by atoms with Gasteiger partial charge in [0.05, 0.1) is 17.6 Å². The first-order valence-electron chi connectivity index (χ1n) is 7.02. The van der Waals surface area contributed by atoms with Gasteiger partial charge in [0.25, 0.3) is 0 Å². The molecule has 0 aliphatic carbocycles. The van der Waals surface area contributed by atoms with E-state index >= 15 is 0 Å². The number of hydrogen-bond acceptors (Lipinski definition) is 3. The van der Waals surface area contributed by atoms with Gasteiger partial charge >= 0.3 is 0 Å². The fourth-order valence-corrected chi connectivity index (χ4v) is 1.86. The molecule has 3 heteroatoms. The van der Waals surface area contributed by atoms with Crippen LogP contribution in [0, 0.1) is 0 Å². The molecule has 1 rings (SSSR count). The average molecular weight is 249 g/mol. The van der Waals surface area contributed by atoms with E-state index in [1.54, 1.807) is 0 Å². The molecule has 0 bridgehead atoms. The molecule has 0 radical (unpaired) electrons. The minimum Gasteiger partial charge on any atom is -0.371 e. The Morgan fingerprint density at radius 2 is 2.00 bits per heavy atom. The predicted molar refractivity (Wildman–Crippen MR) is 79.1 cm³/mol. The van der Waals surface area contributed by atoms with Crippen molar-refractivity contribution < 1.29 is 0 Å². The lowest BCUT2D eigenvalue weighted by atomic mass is 10.2. The molecular formula is C15H27N3. The molecular weight excluding hydrogens is 222 g/mol. The molecule has 0 fully saturated rings. The molecule has 102 valence electrons. The number of pyridine rings is 1. The molecule has 1 aromatic rings. The van der Waals surface area contributed by atoms with Gasteiger partial charge in [-0.1, -0.05) is 13.8 Å². The SMILES string of the molecule is CCCNC(C)c1ccc(N(C)C(C)CC)cn1. The van der Waals surface area contributed by atoms with Crippen molar-refractivity contribution in [2.24, 2.45) is 0 Å². The molecule has 0 saturated heterocycles.